The molecule has 1 atom stereocenters. The van der Waals surface area contributed by atoms with Crippen LogP contribution in [0.1, 0.15) is 6.92 Å². The molecule has 0 aliphatic carbocycles. The Morgan fingerprint density at radius 3 is 3.00 bits per heavy atom. The summed E-state index contributed by atoms with van der Waals surface area (Å²) >= 11 is 0. The largest absolute Gasteiger partial charge is 0.383 e. The highest BCUT2D eigenvalue weighted by molar-refractivity contribution is 6.04. The van der Waals surface area contributed by atoms with Gasteiger partial charge in [-0.2, -0.15) is 0 Å². The van der Waals surface area contributed by atoms with Gasteiger partial charge in [0, 0.05) is 7.11 Å². The summed E-state index contributed by atoms with van der Waals surface area (Å²) in [6.45, 7) is 2.55. The first-order valence-electron chi connectivity index (χ1n) is 5.20. The maximum absolute atomic E-state index is 11.4. The molecule has 0 bridgehead atoms. The topological polar surface area (TPSA) is 109 Å². The predicted octanol–water partition coefficient (Wildman–Crippen LogP) is -2.20. The van der Waals surface area contributed by atoms with Crippen molar-refractivity contribution >= 4 is 17.8 Å². The first kappa shape index (κ1) is 13.4. The number of ether oxygens (including phenoxy) is 1. The molecular formula is C9H17N5O3. The number of amides is 2. The Morgan fingerprint density at radius 2 is 2.41 bits per heavy atom. The van der Waals surface area contributed by atoms with Crippen LogP contribution >= 0.6 is 0 Å². The van der Waals surface area contributed by atoms with Gasteiger partial charge in [0.15, 0.2) is 0 Å². The minimum atomic E-state index is -0.495. The minimum Gasteiger partial charge on any atom is -0.383 e. The van der Waals surface area contributed by atoms with Crippen LogP contribution in [0.15, 0.2) is 4.99 Å². The molecule has 0 aromatic heterocycles. The minimum absolute atomic E-state index is 0.0446. The Bertz CT molecular complexity index is 331. The van der Waals surface area contributed by atoms with Gasteiger partial charge < -0.3 is 9.64 Å². The lowest BCUT2D eigenvalue weighted by Gasteiger charge is -2.33. The zero-order valence-corrected chi connectivity index (χ0v) is 9.90. The van der Waals surface area contributed by atoms with E-state index in [1.54, 1.807) is 14.0 Å². The number of imide groups is 1. The second-order valence-corrected chi connectivity index (χ2v) is 3.56. The summed E-state index contributed by atoms with van der Waals surface area (Å²) in [7, 11) is 1.56. The average Bonchev–Trinajstić information content (AvgIpc) is 2.30. The Kier molecular flexibility index (Phi) is 4.85. The van der Waals surface area contributed by atoms with Gasteiger partial charge in [-0.05, 0) is 6.92 Å². The van der Waals surface area contributed by atoms with Crippen LogP contribution in [0.3, 0.4) is 0 Å². The number of hydrazine groups is 1. The van der Waals surface area contributed by atoms with Crippen molar-refractivity contribution in [3.05, 3.63) is 0 Å². The Balaban J connectivity index is 2.75. The first-order valence-corrected chi connectivity index (χ1v) is 5.20. The van der Waals surface area contributed by atoms with Crippen molar-refractivity contribution in [1.29, 1.82) is 0 Å². The van der Waals surface area contributed by atoms with Crippen LogP contribution in [0.4, 0.5) is 0 Å². The molecule has 0 aromatic carbocycles. The average molecular weight is 243 g/mol. The molecule has 1 heterocycles. The van der Waals surface area contributed by atoms with E-state index in [0.717, 1.165) is 0 Å². The van der Waals surface area contributed by atoms with E-state index in [9.17, 15) is 9.59 Å². The zero-order valence-electron chi connectivity index (χ0n) is 9.90. The van der Waals surface area contributed by atoms with Gasteiger partial charge in [0.1, 0.15) is 12.6 Å². The van der Waals surface area contributed by atoms with E-state index in [1.165, 1.54) is 4.90 Å². The number of nitrogens with two attached hydrogens (primary N) is 1. The van der Waals surface area contributed by atoms with Crippen molar-refractivity contribution in [2.45, 2.75) is 13.0 Å². The van der Waals surface area contributed by atoms with E-state index in [-0.39, 0.29) is 18.4 Å². The summed E-state index contributed by atoms with van der Waals surface area (Å²) in [6, 6.07) is -0.495. The second-order valence-electron chi connectivity index (χ2n) is 3.56. The molecule has 17 heavy (non-hydrogen) atoms. The van der Waals surface area contributed by atoms with Gasteiger partial charge in [0.2, 0.25) is 17.8 Å². The van der Waals surface area contributed by atoms with Crippen LogP contribution in [0, 0.1) is 0 Å². The number of carbonyl (C=O) groups is 2. The number of guanidine groups is 1. The lowest BCUT2D eigenvalue weighted by molar-refractivity contribution is -0.137. The molecule has 4 N–H and O–H groups in total. The molecule has 96 valence electrons. The number of aliphatic imine (C=N–C) groups is 1. The molecule has 0 saturated carbocycles. The summed E-state index contributed by atoms with van der Waals surface area (Å²) in [4.78, 5) is 28.3. The van der Waals surface area contributed by atoms with Crippen LogP contribution in [0.25, 0.3) is 0 Å². The van der Waals surface area contributed by atoms with Crippen molar-refractivity contribution < 1.29 is 14.3 Å². The fraction of sp³-hybridized carbons (Fsp3) is 0.667. The Labute approximate surface area is 99.2 Å². The monoisotopic (exact) mass is 243 g/mol. The van der Waals surface area contributed by atoms with Gasteiger partial charge in [-0.25, -0.2) is 10.8 Å². The SMILES string of the molecule is COCCN=C(NN)N1CC(=O)NC(=O)C1C. The molecule has 0 aromatic rings. The molecule has 1 aliphatic heterocycles. The van der Waals surface area contributed by atoms with E-state index in [1.807, 2.05) is 0 Å². The molecule has 2 amide bonds. The van der Waals surface area contributed by atoms with Crippen molar-refractivity contribution in [2.75, 3.05) is 26.8 Å². The standard InChI is InChI=1S/C9H17N5O3/c1-6-8(16)12-7(15)5-14(6)9(13-10)11-3-4-17-2/h6H,3-5,10H2,1-2H3,(H,11,13)(H,12,15,16). The van der Waals surface area contributed by atoms with Crippen LogP contribution in [-0.2, 0) is 14.3 Å². The molecule has 8 nitrogen and oxygen atoms in total. The Hall–Kier alpha value is -1.67. The van der Waals surface area contributed by atoms with Gasteiger partial charge in [-0.15, -0.1) is 0 Å². The summed E-state index contributed by atoms with van der Waals surface area (Å²) in [5.41, 5.74) is 2.39. The smallest absolute Gasteiger partial charge is 0.249 e. The van der Waals surface area contributed by atoms with Crippen molar-refractivity contribution in [2.24, 2.45) is 10.8 Å². The fourth-order valence-corrected chi connectivity index (χ4v) is 1.44. The van der Waals surface area contributed by atoms with E-state index >= 15 is 0 Å². The number of hydrogen-bond donors (Lipinski definition) is 3. The lowest BCUT2D eigenvalue weighted by Crippen LogP contribution is -2.61. The van der Waals surface area contributed by atoms with Crippen molar-refractivity contribution in [3.8, 4) is 0 Å². The molecule has 1 aliphatic rings. The summed E-state index contributed by atoms with van der Waals surface area (Å²) in [6.07, 6.45) is 0. The normalized spacial score (nSPS) is 21.5. The zero-order chi connectivity index (χ0) is 12.8. The van der Waals surface area contributed by atoms with Gasteiger partial charge in [-0.3, -0.25) is 20.3 Å². The number of nitrogens with one attached hydrogen (secondary N) is 2. The number of nitrogens with zero attached hydrogens (tertiary/aromatic N) is 2. The molecule has 1 unspecified atom stereocenters. The van der Waals surface area contributed by atoms with Gasteiger partial charge in [0.25, 0.3) is 0 Å². The van der Waals surface area contributed by atoms with Crippen LogP contribution in [-0.4, -0.2) is 55.5 Å². The van der Waals surface area contributed by atoms with Crippen LogP contribution < -0.4 is 16.6 Å². The number of hydrogen-bond acceptors (Lipinski definition) is 5. The summed E-state index contributed by atoms with van der Waals surface area (Å²) < 4.78 is 4.85. The van der Waals surface area contributed by atoms with Gasteiger partial charge in [0.05, 0.1) is 13.2 Å². The molecule has 8 heteroatoms. The number of rotatable bonds is 3. The first-order chi connectivity index (χ1) is 8.10. The maximum Gasteiger partial charge on any atom is 0.249 e. The highest BCUT2D eigenvalue weighted by atomic mass is 16.5. The molecular weight excluding hydrogens is 226 g/mol. The lowest BCUT2D eigenvalue weighted by atomic mass is 10.2. The summed E-state index contributed by atoms with van der Waals surface area (Å²) in [5.74, 6) is 4.90. The Morgan fingerprint density at radius 1 is 1.71 bits per heavy atom. The van der Waals surface area contributed by atoms with Crippen molar-refractivity contribution in [3.63, 3.8) is 0 Å². The third kappa shape index (κ3) is 3.40. The maximum atomic E-state index is 11.4. The van der Waals surface area contributed by atoms with E-state index in [0.29, 0.717) is 19.1 Å². The third-order valence-corrected chi connectivity index (χ3v) is 2.38. The predicted molar refractivity (Wildman–Crippen MR) is 60.8 cm³/mol. The van der Waals surface area contributed by atoms with E-state index < -0.39 is 6.04 Å². The van der Waals surface area contributed by atoms with Crippen LogP contribution in [0.5, 0.6) is 0 Å². The van der Waals surface area contributed by atoms with Gasteiger partial charge in [-0.1, -0.05) is 0 Å². The van der Waals surface area contributed by atoms with Crippen molar-refractivity contribution in [1.82, 2.24) is 15.6 Å². The number of methoxy groups -OCH3 is 1. The number of carbonyl (C=O) groups excluding carboxylic acids is 2. The molecule has 1 saturated heterocycles. The quantitative estimate of drug-likeness (QED) is 0.130. The third-order valence-electron chi connectivity index (χ3n) is 2.38. The van der Waals surface area contributed by atoms with Gasteiger partial charge >= 0.3 is 0 Å². The summed E-state index contributed by atoms with van der Waals surface area (Å²) in [5, 5.41) is 2.24. The molecule has 0 radical (unpaired) electrons. The van der Waals surface area contributed by atoms with E-state index in [2.05, 4.69) is 15.7 Å². The van der Waals surface area contributed by atoms with E-state index in [4.69, 9.17) is 10.6 Å². The molecule has 1 fully saturated rings. The number of piperazine rings is 1. The van der Waals surface area contributed by atoms with Crippen LogP contribution in [0.2, 0.25) is 0 Å². The fourth-order valence-electron chi connectivity index (χ4n) is 1.44. The molecule has 1 rings (SSSR count). The highest BCUT2D eigenvalue weighted by Crippen LogP contribution is 2.04. The second kappa shape index (κ2) is 6.16. The highest BCUT2D eigenvalue weighted by Gasteiger charge is 2.32. The molecule has 0 spiro atoms.